The first kappa shape index (κ1) is 22.1. The lowest BCUT2D eigenvalue weighted by Gasteiger charge is -2.26. The molecule has 1 aliphatic heterocycles. The molecule has 3 rings (SSSR count). The third-order valence-corrected chi connectivity index (χ3v) is 6.41. The molecule has 0 aliphatic carbocycles. The van der Waals surface area contributed by atoms with E-state index in [-0.39, 0.29) is 29.4 Å². The van der Waals surface area contributed by atoms with Gasteiger partial charge >= 0.3 is 12.2 Å². The number of sulfonamides is 1. The van der Waals surface area contributed by atoms with Crippen LogP contribution in [0.5, 0.6) is 0 Å². The minimum atomic E-state index is -4.53. The van der Waals surface area contributed by atoms with Crippen molar-refractivity contribution >= 4 is 27.4 Å². The quantitative estimate of drug-likeness (QED) is 0.755. The molecule has 0 aromatic heterocycles. The van der Waals surface area contributed by atoms with Gasteiger partial charge in [-0.1, -0.05) is 12.1 Å². The highest BCUT2D eigenvalue weighted by Crippen LogP contribution is 2.31. The van der Waals surface area contributed by atoms with E-state index in [1.807, 2.05) is 0 Å². The molecular formula is C19H20F3N3O4S. The third-order valence-electron chi connectivity index (χ3n) is 4.51. The number of anilines is 2. The number of nitrogens with one attached hydrogen (secondary N) is 2. The minimum absolute atomic E-state index is 0.00405. The Morgan fingerprint density at radius 1 is 1.07 bits per heavy atom. The number of nitrogens with zero attached hydrogens (tertiary/aromatic N) is 1. The van der Waals surface area contributed by atoms with Gasteiger partial charge in [0, 0.05) is 24.5 Å². The van der Waals surface area contributed by atoms with Crippen LogP contribution in [-0.2, 0) is 20.9 Å². The van der Waals surface area contributed by atoms with Crippen LogP contribution in [0.1, 0.15) is 11.1 Å². The number of alkyl halides is 3. The number of benzene rings is 2. The highest BCUT2D eigenvalue weighted by Gasteiger charge is 2.30. The Labute approximate surface area is 171 Å². The van der Waals surface area contributed by atoms with Crippen LogP contribution < -0.4 is 10.6 Å². The standard InChI is InChI=1S/C19H20F3N3O4S/c1-13-5-6-16(30(27,28)25-7-9-29-10-8-25)12-17(13)24-18(26)23-15-4-2-3-14(11-15)19(20,21)22/h2-6,11-12H,7-10H2,1H3,(H2,23,24,26). The van der Waals surface area contributed by atoms with Gasteiger partial charge in [0.05, 0.1) is 23.7 Å². The molecule has 0 atom stereocenters. The summed E-state index contributed by atoms with van der Waals surface area (Å²) in [6.45, 7) is 2.74. The molecule has 2 N–H and O–H groups in total. The summed E-state index contributed by atoms with van der Waals surface area (Å²) in [4.78, 5) is 12.3. The van der Waals surface area contributed by atoms with E-state index in [9.17, 15) is 26.4 Å². The van der Waals surface area contributed by atoms with Crippen molar-refractivity contribution in [2.24, 2.45) is 0 Å². The number of halogens is 3. The van der Waals surface area contributed by atoms with Crippen molar-refractivity contribution in [3.8, 4) is 0 Å². The van der Waals surface area contributed by atoms with Crippen molar-refractivity contribution < 1.29 is 31.1 Å². The number of carbonyl (C=O) groups is 1. The Bertz CT molecular complexity index is 1040. The van der Waals surface area contributed by atoms with Gasteiger partial charge in [-0.2, -0.15) is 17.5 Å². The first-order valence-electron chi connectivity index (χ1n) is 9.01. The van der Waals surface area contributed by atoms with Gasteiger partial charge in [-0.25, -0.2) is 13.2 Å². The van der Waals surface area contributed by atoms with Crippen LogP contribution >= 0.6 is 0 Å². The largest absolute Gasteiger partial charge is 0.416 e. The first-order chi connectivity index (χ1) is 14.1. The molecule has 2 aromatic rings. The summed E-state index contributed by atoms with van der Waals surface area (Å²) in [5.41, 5.74) is -0.115. The Hall–Kier alpha value is -2.63. The zero-order chi connectivity index (χ0) is 21.9. The molecule has 1 aliphatic rings. The average Bonchev–Trinajstić information content (AvgIpc) is 2.69. The number of carbonyl (C=O) groups excluding carboxylic acids is 1. The van der Waals surface area contributed by atoms with E-state index < -0.39 is 27.8 Å². The smallest absolute Gasteiger partial charge is 0.379 e. The van der Waals surface area contributed by atoms with Crippen molar-refractivity contribution in [3.63, 3.8) is 0 Å². The van der Waals surface area contributed by atoms with Crippen molar-refractivity contribution in [1.29, 1.82) is 0 Å². The van der Waals surface area contributed by atoms with Crippen LogP contribution in [-0.4, -0.2) is 45.1 Å². The summed E-state index contributed by atoms with van der Waals surface area (Å²) in [5.74, 6) is 0. The molecule has 162 valence electrons. The topological polar surface area (TPSA) is 87.7 Å². The summed E-state index contributed by atoms with van der Waals surface area (Å²) in [7, 11) is -3.76. The molecular weight excluding hydrogens is 423 g/mol. The molecule has 11 heteroatoms. The molecule has 0 bridgehead atoms. The van der Waals surface area contributed by atoms with E-state index in [1.54, 1.807) is 13.0 Å². The van der Waals surface area contributed by atoms with Gasteiger partial charge < -0.3 is 15.4 Å². The molecule has 2 amide bonds. The fourth-order valence-electron chi connectivity index (χ4n) is 2.89. The summed E-state index contributed by atoms with van der Waals surface area (Å²) < 4.78 is 70.5. The van der Waals surface area contributed by atoms with Crippen molar-refractivity contribution in [2.45, 2.75) is 18.0 Å². The maximum Gasteiger partial charge on any atom is 0.416 e. The van der Waals surface area contributed by atoms with E-state index in [4.69, 9.17) is 4.74 Å². The second-order valence-electron chi connectivity index (χ2n) is 6.65. The summed E-state index contributed by atoms with van der Waals surface area (Å²) in [6.07, 6.45) is -4.53. The van der Waals surface area contributed by atoms with E-state index in [2.05, 4.69) is 10.6 Å². The Balaban J connectivity index is 1.77. The molecule has 0 unspecified atom stereocenters. The highest BCUT2D eigenvalue weighted by molar-refractivity contribution is 7.89. The summed E-state index contributed by atoms with van der Waals surface area (Å²) >= 11 is 0. The molecule has 7 nitrogen and oxygen atoms in total. The lowest BCUT2D eigenvalue weighted by atomic mass is 10.2. The summed E-state index contributed by atoms with van der Waals surface area (Å²) in [5, 5.41) is 4.82. The van der Waals surface area contributed by atoms with Crippen LogP contribution in [0, 0.1) is 6.92 Å². The molecule has 2 aromatic carbocycles. The second-order valence-corrected chi connectivity index (χ2v) is 8.59. The summed E-state index contributed by atoms with van der Waals surface area (Å²) in [6, 6.07) is 7.73. The van der Waals surface area contributed by atoms with Gasteiger partial charge in [-0.15, -0.1) is 0 Å². The monoisotopic (exact) mass is 443 g/mol. The number of hydrogen-bond acceptors (Lipinski definition) is 4. The SMILES string of the molecule is Cc1ccc(S(=O)(=O)N2CCOCC2)cc1NC(=O)Nc1cccc(C(F)(F)F)c1. The minimum Gasteiger partial charge on any atom is -0.379 e. The molecule has 0 spiro atoms. The van der Waals surface area contributed by atoms with Crippen LogP contribution in [0.25, 0.3) is 0 Å². The van der Waals surface area contributed by atoms with Gasteiger partial charge in [-0.05, 0) is 42.8 Å². The fourth-order valence-corrected chi connectivity index (χ4v) is 4.32. The van der Waals surface area contributed by atoms with Gasteiger partial charge in [0.25, 0.3) is 0 Å². The third kappa shape index (κ3) is 5.10. The van der Waals surface area contributed by atoms with Crippen LogP contribution in [0.4, 0.5) is 29.3 Å². The van der Waals surface area contributed by atoms with E-state index in [0.29, 0.717) is 18.8 Å². The number of ether oxygens (including phenoxy) is 1. The van der Waals surface area contributed by atoms with Crippen molar-refractivity contribution in [2.75, 3.05) is 36.9 Å². The Morgan fingerprint density at radius 3 is 2.43 bits per heavy atom. The van der Waals surface area contributed by atoms with Gasteiger partial charge in [0.1, 0.15) is 0 Å². The molecule has 1 fully saturated rings. The fraction of sp³-hybridized carbons (Fsp3) is 0.316. The van der Waals surface area contributed by atoms with Gasteiger partial charge in [0.15, 0.2) is 0 Å². The number of urea groups is 1. The zero-order valence-corrected chi connectivity index (χ0v) is 16.8. The second kappa shape index (κ2) is 8.62. The molecule has 1 saturated heterocycles. The van der Waals surface area contributed by atoms with E-state index in [1.165, 1.54) is 28.6 Å². The zero-order valence-electron chi connectivity index (χ0n) is 16.0. The van der Waals surface area contributed by atoms with Crippen LogP contribution in [0.2, 0.25) is 0 Å². The highest BCUT2D eigenvalue weighted by atomic mass is 32.2. The number of amides is 2. The predicted molar refractivity (Wildman–Crippen MR) is 105 cm³/mol. The average molecular weight is 443 g/mol. The Kier molecular flexibility index (Phi) is 6.34. The van der Waals surface area contributed by atoms with Crippen molar-refractivity contribution in [3.05, 3.63) is 53.6 Å². The number of morpholine rings is 1. The molecule has 0 radical (unpaired) electrons. The van der Waals surface area contributed by atoms with Crippen molar-refractivity contribution in [1.82, 2.24) is 4.31 Å². The Morgan fingerprint density at radius 2 is 1.77 bits per heavy atom. The van der Waals surface area contributed by atoms with E-state index >= 15 is 0 Å². The molecule has 30 heavy (non-hydrogen) atoms. The van der Waals surface area contributed by atoms with Crippen LogP contribution in [0.3, 0.4) is 0 Å². The number of aryl methyl sites for hydroxylation is 1. The normalized spacial score (nSPS) is 15.6. The van der Waals surface area contributed by atoms with Gasteiger partial charge in [-0.3, -0.25) is 0 Å². The first-order valence-corrected chi connectivity index (χ1v) is 10.5. The lowest BCUT2D eigenvalue weighted by molar-refractivity contribution is -0.137. The predicted octanol–water partition coefficient (Wildman–Crippen LogP) is 3.68. The molecule has 1 heterocycles. The molecule has 0 saturated carbocycles. The maximum atomic E-state index is 12.8. The van der Waals surface area contributed by atoms with E-state index in [0.717, 1.165) is 12.1 Å². The number of hydrogen-bond donors (Lipinski definition) is 2. The maximum absolute atomic E-state index is 12.8. The van der Waals surface area contributed by atoms with Crippen LogP contribution in [0.15, 0.2) is 47.4 Å². The number of rotatable bonds is 4. The lowest BCUT2D eigenvalue weighted by Crippen LogP contribution is -2.40. The van der Waals surface area contributed by atoms with Gasteiger partial charge in [0.2, 0.25) is 10.0 Å².